The lowest BCUT2D eigenvalue weighted by molar-refractivity contribution is -0.120. The van der Waals surface area contributed by atoms with E-state index in [9.17, 15) is 9.59 Å². The Morgan fingerprint density at radius 2 is 2.12 bits per heavy atom. The normalized spacial score (nSPS) is 19.3. The predicted octanol–water partition coefficient (Wildman–Crippen LogP) is 2.36. The van der Waals surface area contributed by atoms with Gasteiger partial charge in [0.25, 0.3) is 0 Å². The lowest BCUT2D eigenvalue weighted by atomic mass is 9.95. The number of nitrogens with one attached hydrogen (secondary N) is 1. The number of aromatic nitrogens is 2. The van der Waals surface area contributed by atoms with Crippen LogP contribution < -0.4 is 11.1 Å². The zero-order chi connectivity index (χ0) is 18.5. The molecule has 3 rings (SSSR count). The van der Waals surface area contributed by atoms with E-state index >= 15 is 0 Å². The number of carbonyl (C=O) groups excluding carboxylic acids is 2. The van der Waals surface area contributed by atoms with Crippen LogP contribution in [0.2, 0.25) is 0 Å². The number of nitrogens with zero attached hydrogens (tertiary/aromatic N) is 2. The lowest BCUT2D eigenvalue weighted by Gasteiger charge is -2.18. The number of amides is 1. The van der Waals surface area contributed by atoms with Crippen molar-refractivity contribution in [2.75, 3.05) is 18.5 Å². The Kier molecular flexibility index (Phi) is 5.68. The van der Waals surface area contributed by atoms with Crippen LogP contribution in [-0.2, 0) is 9.53 Å². The third-order valence-electron chi connectivity index (χ3n) is 4.78. The molecule has 1 amide bonds. The highest BCUT2D eigenvalue weighted by Crippen LogP contribution is 2.32. The average Bonchev–Trinajstić information content (AvgIpc) is 3.32. The molecule has 26 heavy (non-hydrogen) atoms. The molecule has 0 radical (unpaired) electrons. The molecule has 0 bridgehead atoms. The van der Waals surface area contributed by atoms with Crippen LogP contribution in [0.5, 0.6) is 0 Å². The van der Waals surface area contributed by atoms with Gasteiger partial charge in [0.2, 0.25) is 5.91 Å². The van der Waals surface area contributed by atoms with E-state index in [1.54, 1.807) is 23.9 Å². The molecular weight excluding hydrogens is 332 g/mol. The third-order valence-corrected chi connectivity index (χ3v) is 4.78. The van der Waals surface area contributed by atoms with E-state index in [1.165, 1.54) is 0 Å². The highest BCUT2D eigenvalue weighted by molar-refractivity contribution is 5.95. The summed E-state index contributed by atoms with van der Waals surface area (Å²) in [5, 5.41) is 7.27. The van der Waals surface area contributed by atoms with Gasteiger partial charge in [-0.1, -0.05) is 18.6 Å². The van der Waals surface area contributed by atoms with Crippen LogP contribution in [-0.4, -0.2) is 34.8 Å². The van der Waals surface area contributed by atoms with E-state index in [0.717, 1.165) is 19.3 Å². The molecule has 1 fully saturated rings. The maximum atomic E-state index is 12.7. The van der Waals surface area contributed by atoms with Crippen molar-refractivity contribution in [3.05, 3.63) is 42.2 Å². The van der Waals surface area contributed by atoms with Gasteiger partial charge in [-0.05, 0) is 50.4 Å². The fourth-order valence-electron chi connectivity index (χ4n) is 3.44. The van der Waals surface area contributed by atoms with Crippen molar-refractivity contribution in [1.29, 1.82) is 0 Å². The number of hydrogen-bond donors (Lipinski definition) is 2. The number of hydrogen-bond acceptors (Lipinski definition) is 5. The molecule has 1 aromatic carbocycles. The minimum Gasteiger partial charge on any atom is -0.461 e. The highest BCUT2D eigenvalue weighted by atomic mass is 16.5. The van der Waals surface area contributed by atoms with Crippen molar-refractivity contribution in [3.63, 3.8) is 0 Å². The monoisotopic (exact) mass is 356 g/mol. The number of para-hydroxylation sites is 2. The molecule has 2 atom stereocenters. The van der Waals surface area contributed by atoms with Gasteiger partial charge in [0, 0.05) is 12.1 Å². The fraction of sp³-hybridized carbons (Fsp3) is 0.421. The maximum absolute atomic E-state index is 12.7. The number of nitrogens with two attached hydrogens (primary N) is 1. The largest absolute Gasteiger partial charge is 0.461 e. The molecule has 7 heteroatoms. The number of rotatable bonds is 6. The number of esters is 1. The van der Waals surface area contributed by atoms with Gasteiger partial charge in [-0.3, -0.25) is 4.79 Å². The summed E-state index contributed by atoms with van der Waals surface area (Å²) in [7, 11) is 0. The van der Waals surface area contributed by atoms with Crippen molar-refractivity contribution in [2.45, 2.75) is 26.2 Å². The van der Waals surface area contributed by atoms with E-state index in [4.69, 9.17) is 10.5 Å². The molecule has 1 heterocycles. The van der Waals surface area contributed by atoms with Gasteiger partial charge >= 0.3 is 5.97 Å². The Morgan fingerprint density at radius 1 is 1.31 bits per heavy atom. The van der Waals surface area contributed by atoms with E-state index in [1.807, 2.05) is 24.3 Å². The Hall–Kier alpha value is -2.67. The molecule has 1 aliphatic carbocycles. The van der Waals surface area contributed by atoms with E-state index < -0.39 is 5.97 Å². The summed E-state index contributed by atoms with van der Waals surface area (Å²) in [4.78, 5) is 24.5. The molecule has 138 valence electrons. The molecule has 0 unspecified atom stereocenters. The van der Waals surface area contributed by atoms with Crippen molar-refractivity contribution >= 4 is 17.6 Å². The summed E-state index contributed by atoms with van der Waals surface area (Å²) in [5.41, 5.74) is 7.37. The fourth-order valence-corrected chi connectivity index (χ4v) is 3.44. The predicted molar refractivity (Wildman–Crippen MR) is 98.0 cm³/mol. The molecule has 0 aliphatic heterocycles. The first kappa shape index (κ1) is 18.1. The first-order valence-electron chi connectivity index (χ1n) is 8.97. The SMILES string of the molecule is CCOC(=O)c1ccn(-c2ccccc2NC(=O)[C@@H]2CCC[C@@H]2CN)n1. The zero-order valence-corrected chi connectivity index (χ0v) is 14.9. The summed E-state index contributed by atoms with van der Waals surface area (Å²) >= 11 is 0. The molecule has 1 aliphatic rings. The van der Waals surface area contributed by atoms with Gasteiger partial charge in [0.15, 0.2) is 5.69 Å². The van der Waals surface area contributed by atoms with Gasteiger partial charge in [-0.2, -0.15) is 5.10 Å². The van der Waals surface area contributed by atoms with Gasteiger partial charge in [0.1, 0.15) is 0 Å². The van der Waals surface area contributed by atoms with Crippen LogP contribution >= 0.6 is 0 Å². The highest BCUT2D eigenvalue weighted by Gasteiger charge is 2.32. The quantitative estimate of drug-likeness (QED) is 0.774. The lowest BCUT2D eigenvalue weighted by Crippen LogP contribution is -2.30. The topological polar surface area (TPSA) is 99.2 Å². The Balaban J connectivity index is 1.80. The van der Waals surface area contributed by atoms with Gasteiger partial charge < -0.3 is 15.8 Å². The van der Waals surface area contributed by atoms with E-state index in [-0.39, 0.29) is 23.4 Å². The van der Waals surface area contributed by atoms with Gasteiger partial charge in [-0.15, -0.1) is 0 Å². The first-order chi connectivity index (χ1) is 12.6. The second kappa shape index (κ2) is 8.14. The molecule has 3 N–H and O–H groups in total. The average molecular weight is 356 g/mol. The summed E-state index contributed by atoms with van der Waals surface area (Å²) in [6.07, 6.45) is 4.57. The molecule has 1 saturated carbocycles. The number of ether oxygens (including phenoxy) is 1. The van der Waals surface area contributed by atoms with E-state index in [2.05, 4.69) is 10.4 Å². The van der Waals surface area contributed by atoms with Crippen molar-refractivity contribution < 1.29 is 14.3 Å². The van der Waals surface area contributed by atoms with Crippen LogP contribution in [0.25, 0.3) is 5.69 Å². The molecule has 0 saturated heterocycles. The number of benzene rings is 1. The van der Waals surface area contributed by atoms with Crippen LogP contribution in [0.4, 0.5) is 5.69 Å². The maximum Gasteiger partial charge on any atom is 0.358 e. The summed E-state index contributed by atoms with van der Waals surface area (Å²) < 4.78 is 6.53. The minimum atomic E-state index is -0.468. The van der Waals surface area contributed by atoms with Crippen LogP contribution in [0.15, 0.2) is 36.5 Å². The minimum absolute atomic E-state index is 0.0110. The molecule has 1 aromatic heterocycles. The van der Waals surface area contributed by atoms with Crippen molar-refractivity contribution in [3.8, 4) is 5.69 Å². The molecule has 7 nitrogen and oxygen atoms in total. The van der Waals surface area contributed by atoms with Crippen molar-refractivity contribution in [2.24, 2.45) is 17.6 Å². The van der Waals surface area contributed by atoms with Gasteiger partial charge in [-0.25, -0.2) is 9.48 Å². The Bertz CT molecular complexity index is 787. The summed E-state index contributed by atoms with van der Waals surface area (Å²) in [6.45, 7) is 2.57. The molecular formula is C19H24N4O3. The van der Waals surface area contributed by atoms with E-state index in [0.29, 0.717) is 24.5 Å². The Labute approximate surface area is 152 Å². The molecule has 2 aromatic rings. The van der Waals surface area contributed by atoms with Crippen LogP contribution in [0.1, 0.15) is 36.7 Å². The van der Waals surface area contributed by atoms with Crippen LogP contribution in [0.3, 0.4) is 0 Å². The van der Waals surface area contributed by atoms with Crippen molar-refractivity contribution in [1.82, 2.24) is 9.78 Å². The van der Waals surface area contributed by atoms with Crippen LogP contribution in [0, 0.1) is 11.8 Å². The zero-order valence-electron chi connectivity index (χ0n) is 14.9. The summed E-state index contributed by atoms with van der Waals surface area (Å²) in [6, 6.07) is 8.97. The summed E-state index contributed by atoms with van der Waals surface area (Å²) in [5.74, 6) is -0.296. The number of carbonyl (C=O) groups is 2. The van der Waals surface area contributed by atoms with Gasteiger partial charge in [0.05, 0.1) is 18.0 Å². The second-order valence-corrected chi connectivity index (χ2v) is 6.41. The first-order valence-corrected chi connectivity index (χ1v) is 8.97. The standard InChI is InChI=1S/C19H24N4O3/c1-2-26-19(25)16-10-11-23(22-16)17-9-4-3-8-15(17)21-18(24)14-7-5-6-13(14)12-20/h3-4,8-11,13-14H,2,5-7,12,20H2,1H3,(H,21,24)/t13-,14-/m1/s1. The smallest absolute Gasteiger partial charge is 0.358 e. The second-order valence-electron chi connectivity index (χ2n) is 6.41. The number of anilines is 1. The Morgan fingerprint density at radius 3 is 2.88 bits per heavy atom. The molecule has 0 spiro atoms. The third kappa shape index (κ3) is 3.77.